The van der Waals surface area contributed by atoms with E-state index >= 15 is 4.39 Å². The van der Waals surface area contributed by atoms with Crippen LogP contribution >= 0.6 is 23.2 Å². The summed E-state index contributed by atoms with van der Waals surface area (Å²) in [7, 11) is 1.69. The fraction of sp³-hybridized carbons (Fsp3) is 0.0500. The third kappa shape index (κ3) is 3.20. The van der Waals surface area contributed by atoms with Gasteiger partial charge in [0.2, 0.25) is 0 Å². The molecule has 0 unspecified atom stereocenters. The summed E-state index contributed by atoms with van der Waals surface area (Å²) in [5, 5.41) is 4.14. The van der Waals surface area contributed by atoms with Gasteiger partial charge < -0.3 is 5.32 Å². The molecule has 0 radical (unpaired) electrons. The molecule has 0 bridgehead atoms. The van der Waals surface area contributed by atoms with Gasteiger partial charge in [0.15, 0.2) is 5.82 Å². The van der Waals surface area contributed by atoms with Gasteiger partial charge in [0.05, 0.1) is 10.9 Å². The lowest BCUT2D eigenvalue weighted by Gasteiger charge is -2.12. The Balaban J connectivity index is 1.97. The van der Waals surface area contributed by atoms with Crippen molar-refractivity contribution in [3.05, 3.63) is 70.7 Å². The average molecular weight is 399 g/mol. The zero-order chi connectivity index (χ0) is 19.0. The number of nitrogens with zero attached hydrogens (tertiary/aromatic N) is 3. The number of anilines is 1. The van der Waals surface area contributed by atoms with Gasteiger partial charge in [-0.05, 0) is 42.5 Å². The minimum atomic E-state index is -0.459. The highest BCUT2D eigenvalue weighted by Gasteiger charge is 2.18. The first-order valence-corrected chi connectivity index (χ1v) is 8.88. The van der Waals surface area contributed by atoms with Crippen LogP contribution in [0, 0.1) is 5.82 Å². The van der Waals surface area contributed by atoms with Crippen LogP contribution in [0.5, 0.6) is 0 Å². The SMILES string of the molecule is CNc1nc(-c2cccnc2)nc2ccc(-c3cc(Cl)ccc3Cl)c(F)c12. The molecule has 2 heterocycles. The molecular weight excluding hydrogens is 386 g/mol. The largest absolute Gasteiger partial charge is 0.372 e. The Labute approximate surface area is 165 Å². The number of pyridine rings is 1. The van der Waals surface area contributed by atoms with Gasteiger partial charge in [-0.1, -0.05) is 23.2 Å². The van der Waals surface area contributed by atoms with Crippen molar-refractivity contribution in [2.24, 2.45) is 0 Å². The Morgan fingerprint density at radius 3 is 2.59 bits per heavy atom. The first kappa shape index (κ1) is 17.6. The molecule has 0 saturated heterocycles. The van der Waals surface area contributed by atoms with Crippen molar-refractivity contribution in [3.63, 3.8) is 0 Å². The maximum atomic E-state index is 15.4. The summed E-state index contributed by atoms with van der Waals surface area (Å²) in [5.41, 5.74) is 2.08. The quantitative estimate of drug-likeness (QED) is 0.470. The topological polar surface area (TPSA) is 50.7 Å². The van der Waals surface area contributed by atoms with E-state index in [-0.39, 0.29) is 0 Å². The molecule has 0 spiro atoms. The molecule has 0 aliphatic heterocycles. The molecule has 134 valence electrons. The van der Waals surface area contributed by atoms with E-state index < -0.39 is 5.82 Å². The van der Waals surface area contributed by atoms with Crippen LogP contribution in [0.25, 0.3) is 33.4 Å². The highest BCUT2D eigenvalue weighted by molar-refractivity contribution is 6.35. The average Bonchev–Trinajstić information content (AvgIpc) is 2.70. The molecule has 7 heteroatoms. The molecule has 0 aliphatic carbocycles. The molecule has 27 heavy (non-hydrogen) atoms. The maximum absolute atomic E-state index is 15.4. The summed E-state index contributed by atoms with van der Waals surface area (Å²) in [6, 6.07) is 12.0. The van der Waals surface area contributed by atoms with E-state index in [4.69, 9.17) is 23.2 Å². The molecule has 4 rings (SSSR count). The number of fused-ring (bicyclic) bond motifs is 1. The van der Waals surface area contributed by atoms with E-state index in [1.807, 2.05) is 6.07 Å². The van der Waals surface area contributed by atoms with Crippen molar-refractivity contribution in [2.75, 3.05) is 12.4 Å². The lowest BCUT2D eigenvalue weighted by Crippen LogP contribution is -2.01. The molecule has 2 aromatic carbocycles. The third-order valence-electron chi connectivity index (χ3n) is 4.18. The molecule has 0 amide bonds. The predicted octanol–water partition coefficient (Wildman–Crippen LogP) is 5.85. The molecule has 4 aromatic rings. The summed E-state index contributed by atoms with van der Waals surface area (Å²) in [6.45, 7) is 0. The molecule has 2 aromatic heterocycles. The second-order valence-corrected chi connectivity index (χ2v) is 6.68. The van der Waals surface area contributed by atoms with Crippen molar-refractivity contribution in [1.29, 1.82) is 0 Å². The van der Waals surface area contributed by atoms with Gasteiger partial charge >= 0.3 is 0 Å². The van der Waals surface area contributed by atoms with Gasteiger partial charge in [0.1, 0.15) is 11.6 Å². The van der Waals surface area contributed by atoms with Crippen LogP contribution in [0.4, 0.5) is 10.2 Å². The third-order valence-corrected chi connectivity index (χ3v) is 4.74. The van der Waals surface area contributed by atoms with Gasteiger partial charge in [-0.3, -0.25) is 4.98 Å². The normalized spacial score (nSPS) is 11.0. The summed E-state index contributed by atoms with van der Waals surface area (Å²) in [5.74, 6) is 0.392. The van der Waals surface area contributed by atoms with Crippen LogP contribution in [0.2, 0.25) is 10.0 Å². The number of rotatable bonds is 3. The standard InChI is InChI=1S/C20H13Cl2FN4/c1-24-20-17-16(26-19(27-20)11-3-2-8-25-10-11)7-5-13(18(17)23)14-9-12(21)4-6-15(14)22/h2-10H,1H3,(H,24,26,27). The number of halogens is 3. The highest BCUT2D eigenvalue weighted by Crippen LogP contribution is 2.37. The fourth-order valence-electron chi connectivity index (χ4n) is 2.90. The van der Waals surface area contributed by atoms with Crippen molar-refractivity contribution in [2.45, 2.75) is 0 Å². The Morgan fingerprint density at radius 2 is 1.85 bits per heavy atom. The Bertz CT molecular complexity index is 1150. The Morgan fingerprint density at radius 1 is 1.00 bits per heavy atom. The van der Waals surface area contributed by atoms with E-state index in [9.17, 15) is 0 Å². The summed E-state index contributed by atoms with van der Waals surface area (Å²) in [6.07, 6.45) is 3.33. The lowest BCUT2D eigenvalue weighted by molar-refractivity contribution is 0.643. The summed E-state index contributed by atoms with van der Waals surface area (Å²) >= 11 is 12.3. The summed E-state index contributed by atoms with van der Waals surface area (Å²) < 4.78 is 15.4. The van der Waals surface area contributed by atoms with E-state index in [0.29, 0.717) is 43.7 Å². The van der Waals surface area contributed by atoms with Crippen LogP contribution in [0.1, 0.15) is 0 Å². The van der Waals surface area contributed by atoms with Crippen molar-refractivity contribution < 1.29 is 4.39 Å². The van der Waals surface area contributed by atoms with Crippen molar-refractivity contribution >= 4 is 39.9 Å². The number of nitrogens with one attached hydrogen (secondary N) is 1. The zero-order valence-electron chi connectivity index (χ0n) is 14.2. The monoisotopic (exact) mass is 398 g/mol. The van der Waals surface area contributed by atoms with Gasteiger partial charge in [-0.25, -0.2) is 14.4 Å². The molecular formula is C20H13Cl2FN4. The Hall–Kier alpha value is -2.76. The van der Waals surface area contributed by atoms with Gasteiger partial charge in [-0.15, -0.1) is 0 Å². The van der Waals surface area contributed by atoms with Crippen molar-refractivity contribution in [3.8, 4) is 22.5 Å². The minimum absolute atomic E-state index is 0.290. The number of benzene rings is 2. The van der Waals surface area contributed by atoms with E-state index in [2.05, 4.69) is 20.3 Å². The van der Waals surface area contributed by atoms with Crippen molar-refractivity contribution in [1.82, 2.24) is 15.0 Å². The predicted molar refractivity (Wildman–Crippen MR) is 108 cm³/mol. The highest BCUT2D eigenvalue weighted by atomic mass is 35.5. The number of hydrogen-bond donors (Lipinski definition) is 1. The van der Waals surface area contributed by atoms with Crippen LogP contribution in [0.15, 0.2) is 54.9 Å². The zero-order valence-corrected chi connectivity index (χ0v) is 15.7. The molecule has 0 aliphatic rings. The molecule has 4 nitrogen and oxygen atoms in total. The van der Waals surface area contributed by atoms with Crippen LogP contribution in [-0.2, 0) is 0 Å². The molecule has 1 N–H and O–H groups in total. The van der Waals surface area contributed by atoms with E-state index in [1.165, 1.54) is 0 Å². The Kier molecular flexibility index (Phi) is 4.64. The number of hydrogen-bond acceptors (Lipinski definition) is 4. The number of aromatic nitrogens is 3. The van der Waals surface area contributed by atoms with E-state index in [1.54, 1.807) is 55.8 Å². The van der Waals surface area contributed by atoms with Crippen LogP contribution in [-0.4, -0.2) is 22.0 Å². The van der Waals surface area contributed by atoms with Crippen LogP contribution < -0.4 is 5.32 Å². The lowest BCUT2D eigenvalue weighted by atomic mass is 10.0. The van der Waals surface area contributed by atoms with E-state index in [0.717, 1.165) is 5.56 Å². The summed E-state index contributed by atoms with van der Waals surface area (Å²) in [4.78, 5) is 13.0. The second-order valence-electron chi connectivity index (χ2n) is 5.83. The van der Waals surface area contributed by atoms with Gasteiger partial charge in [-0.2, -0.15) is 0 Å². The smallest absolute Gasteiger partial charge is 0.163 e. The first-order valence-electron chi connectivity index (χ1n) is 8.12. The first-order chi connectivity index (χ1) is 13.1. The second kappa shape index (κ2) is 7.10. The van der Waals surface area contributed by atoms with Crippen LogP contribution in [0.3, 0.4) is 0 Å². The molecule has 0 fully saturated rings. The molecule has 0 saturated carbocycles. The van der Waals surface area contributed by atoms with Gasteiger partial charge in [0, 0.05) is 46.2 Å². The minimum Gasteiger partial charge on any atom is -0.372 e. The molecule has 0 atom stereocenters. The maximum Gasteiger partial charge on any atom is 0.163 e. The van der Waals surface area contributed by atoms with Gasteiger partial charge in [0.25, 0.3) is 0 Å². The fourth-order valence-corrected chi connectivity index (χ4v) is 3.29.